The summed E-state index contributed by atoms with van der Waals surface area (Å²) in [4.78, 5) is 14.2. The summed E-state index contributed by atoms with van der Waals surface area (Å²) in [7, 11) is 8.43. The van der Waals surface area contributed by atoms with Crippen LogP contribution in [0.25, 0.3) is 44.5 Å². The smallest absolute Gasteiger partial charge is 0.151 e. The van der Waals surface area contributed by atoms with Crippen molar-refractivity contribution in [1.82, 2.24) is 0 Å². The first kappa shape index (κ1) is 53.5. The number of para-hydroxylation sites is 6. The van der Waals surface area contributed by atoms with Gasteiger partial charge in [0.1, 0.15) is 0 Å². The van der Waals surface area contributed by atoms with E-state index in [0.717, 1.165) is 45.7 Å². The molecule has 0 atom stereocenters. The molecule has 0 bridgehead atoms. The molecule has 0 unspecified atom stereocenters. The monoisotopic (exact) mass is 1120 g/mol. The summed E-state index contributed by atoms with van der Waals surface area (Å²) >= 11 is 3.70. The van der Waals surface area contributed by atoms with Crippen molar-refractivity contribution in [2.45, 2.75) is 19.6 Å². The van der Waals surface area contributed by atoms with Crippen molar-refractivity contribution in [3.63, 3.8) is 0 Å². The molecule has 0 amide bonds. The molecule has 4 aliphatic rings. The lowest BCUT2D eigenvalue weighted by Crippen LogP contribution is -2.15. The molecule has 0 spiro atoms. The van der Waals surface area contributed by atoms with E-state index in [-0.39, 0.29) is 0 Å². The topological polar surface area (TPSA) is 31.4 Å². The average Bonchev–Trinajstić information content (AvgIpc) is 3.56. The maximum absolute atomic E-state index is 6.07. The highest BCUT2D eigenvalue weighted by Gasteiger charge is 2.25. The minimum Gasteiger partial charge on any atom is -0.453 e. The normalized spacial score (nSPS) is 12.5. The van der Waals surface area contributed by atoms with Crippen molar-refractivity contribution in [2.24, 2.45) is 0 Å². The number of ether oxygens (including phenoxy) is 2. The number of rotatable bonds is 4. The van der Waals surface area contributed by atoms with Crippen molar-refractivity contribution < 1.29 is 9.47 Å². The van der Waals surface area contributed by atoms with E-state index < -0.39 is 0 Å². The Morgan fingerprint density at radius 3 is 1.05 bits per heavy atom. The fourth-order valence-electron chi connectivity index (χ4n) is 11.0. The lowest BCUT2D eigenvalue weighted by atomic mass is 10.0. The van der Waals surface area contributed by atoms with E-state index in [1.807, 2.05) is 78.1 Å². The molecule has 0 N–H and O–H groups in total. The highest BCUT2D eigenvalue weighted by Crippen LogP contribution is 2.51. The van der Waals surface area contributed by atoms with Crippen LogP contribution in [0.5, 0.6) is 23.0 Å². The van der Waals surface area contributed by atoms with Gasteiger partial charge in [0.15, 0.2) is 23.0 Å². The minimum absolute atomic E-state index is 0.899. The van der Waals surface area contributed by atoms with E-state index in [1.165, 1.54) is 86.8 Å². The maximum atomic E-state index is 6.07. The molecule has 408 valence electrons. The zero-order valence-electron chi connectivity index (χ0n) is 47.1. The Hall–Kier alpha value is -9.86. The van der Waals surface area contributed by atoms with Gasteiger partial charge in [-0.15, -0.1) is 0 Å². The fraction of sp³-hybridized carbons (Fsp3) is 0.0526. The van der Waals surface area contributed by atoms with E-state index in [2.05, 4.69) is 284 Å². The third-order valence-corrected chi connectivity index (χ3v) is 17.7. The number of hydrogen-bond donors (Lipinski definition) is 0. The van der Waals surface area contributed by atoms with Crippen molar-refractivity contribution >= 4 is 69.0 Å². The molecule has 0 saturated carbocycles. The van der Waals surface area contributed by atoms with Crippen LogP contribution in [0.4, 0.5) is 45.5 Å². The van der Waals surface area contributed by atoms with Gasteiger partial charge in [-0.05, 0) is 142 Å². The van der Waals surface area contributed by atoms with Gasteiger partial charge in [-0.3, -0.25) is 0 Å². The summed E-state index contributed by atoms with van der Waals surface area (Å²) in [6.07, 6.45) is 0. The SMILES string of the molecule is CN1c2ccccc2Oc2cc(-c3ccccc3)ccc21.CN1c2ccccc2Oc2ccc(-c3ccccc3)cc21.CN1c2ccccc2Sc2cc(-c3ccccc3)ccc21.CN1c2ccccc2Sc2ccc(-c3ccccc3)cc21. The van der Waals surface area contributed by atoms with Crippen LogP contribution in [0.3, 0.4) is 0 Å². The first-order chi connectivity index (χ1) is 41.3. The lowest BCUT2D eigenvalue weighted by molar-refractivity contribution is 0.475. The van der Waals surface area contributed by atoms with Gasteiger partial charge in [-0.1, -0.05) is 218 Å². The summed E-state index contributed by atoms with van der Waals surface area (Å²) in [5.41, 5.74) is 19.3. The molecular weight excluding hydrogens is 1060 g/mol. The first-order valence-corrected chi connectivity index (χ1v) is 29.7. The predicted molar refractivity (Wildman–Crippen MR) is 354 cm³/mol. The largest absolute Gasteiger partial charge is 0.453 e. The highest BCUT2D eigenvalue weighted by atomic mass is 32.2. The van der Waals surface area contributed by atoms with Crippen LogP contribution in [0.2, 0.25) is 0 Å². The molecule has 4 aliphatic heterocycles. The van der Waals surface area contributed by atoms with Crippen LogP contribution in [-0.2, 0) is 0 Å². The lowest BCUT2D eigenvalue weighted by Gasteiger charge is -2.30. The first-order valence-electron chi connectivity index (χ1n) is 28.1. The van der Waals surface area contributed by atoms with Gasteiger partial charge in [0.25, 0.3) is 0 Å². The van der Waals surface area contributed by atoms with Crippen molar-refractivity contribution in [3.05, 3.63) is 291 Å². The summed E-state index contributed by atoms with van der Waals surface area (Å²) in [6.45, 7) is 0. The van der Waals surface area contributed by atoms with E-state index in [1.54, 1.807) is 0 Å². The third-order valence-electron chi connectivity index (χ3n) is 15.5. The van der Waals surface area contributed by atoms with E-state index >= 15 is 0 Å². The van der Waals surface area contributed by atoms with Gasteiger partial charge in [-0.2, -0.15) is 0 Å². The minimum atomic E-state index is 0.899. The molecular formula is C76H60N4O2S2. The van der Waals surface area contributed by atoms with Crippen LogP contribution in [0.1, 0.15) is 0 Å². The standard InChI is InChI=1S/2C19H15NO.2C19H15NS/c1-20-16-9-5-6-10-18(16)21-19-12-11-15(13-17(19)20)14-7-3-2-4-8-14;1-20-16-9-5-6-10-18(16)21-19-13-15(11-12-17(19)20)14-7-3-2-4-8-14;1-20-16-9-5-6-10-18(16)21-19-12-11-15(13-17(19)20)14-7-3-2-4-8-14;1-20-16-9-5-6-10-18(16)21-19-13-15(11-12-17(19)20)14-7-3-2-4-8-14/h4*2-13H,1H3. The molecule has 12 aromatic rings. The number of hydrogen-bond acceptors (Lipinski definition) is 8. The number of benzene rings is 12. The van der Waals surface area contributed by atoms with Crippen LogP contribution in [0, 0.1) is 0 Å². The van der Waals surface area contributed by atoms with Gasteiger partial charge < -0.3 is 29.1 Å². The van der Waals surface area contributed by atoms with Crippen LogP contribution in [-0.4, -0.2) is 28.2 Å². The van der Waals surface area contributed by atoms with Gasteiger partial charge in [0.2, 0.25) is 0 Å². The molecule has 0 radical (unpaired) electrons. The Morgan fingerprint density at radius 1 is 0.202 bits per heavy atom. The predicted octanol–water partition coefficient (Wildman–Crippen LogP) is 21.6. The van der Waals surface area contributed by atoms with Crippen LogP contribution in [0.15, 0.2) is 311 Å². The second kappa shape index (κ2) is 23.9. The molecule has 6 nitrogen and oxygen atoms in total. The highest BCUT2D eigenvalue weighted by molar-refractivity contribution is 8.00. The van der Waals surface area contributed by atoms with E-state index in [0.29, 0.717) is 0 Å². The summed E-state index contributed by atoms with van der Waals surface area (Å²) in [5, 5.41) is 0. The van der Waals surface area contributed by atoms with Gasteiger partial charge in [0, 0.05) is 47.8 Å². The Kier molecular flexibility index (Phi) is 15.2. The van der Waals surface area contributed by atoms with Gasteiger partial charge in [0.05, 0.1) is 45.5 Å². The Balaban J connectivity index is 0.000000104. The summed E-state index contributed by atoms with van der Waals surface area (Å²) < 4.78 is 12.1. The molecule has 84 heavy (non-hydrogen) atoms. The summed E-state index contributed by atoms with van der Waals surface area (Å²) in [6, 6.07) is 101. The van der Waals surface area contributed by atoms with E-state index in [9.17, 15) is 0 Å². The fourth-order valence-corrected chi connectivity index (χ4v) is 13.3. The number of fused-ring (bicyclic) bond motifs is 8. The second-order valence-corrected chi connectivity index (χ2v) is 22.9. The van der Waals surface area contributed by atoms with Crippen molar-refractivity contribution in [1.29, 1.82) is 0 Å². The average molecular weight is 1130 g/mol. The molecule has 8 heteroatoms. The Labute approximate surface area is 501 Å². The molecule has 0 fully saturated rings. The van der Waals surface area contributed by atoms with Crippen LogP contribution < -0.4 is 29.1 Å². The van der Waals surface area contributed by atoms with Crippen molar-refractivity contribution in [3.8, 4) is 67.5 Å². The Bertz CT molecular complexity index is 4020. The number of nitrogens with zero attached hydrogens (tertiary/aromatic N) is 4. The molecule has 12 aromatic carbocycles. The zero-order valence-corrected chi connectivity index (χ0v) is 48.8. The van der Waals surface area contributed by atoms with Crippen molar-refractivity contribution in [2.75, 3.05) is 47.8 Å². The molecule has 0 saturated heterocycles. The second-order valence-electron chi connectivity index (χ2n) is 20.7. The molecule has 0 aromatic heterocycles. The third kappa shape index (κ3) is 11.0. The molecule has 16 rings (SSSR count). The molecule has 4 heterocycles. The quantitative estimate of drug-likeness (QED) is 0.172. The number of anilines is 8. The molecule has 0 aliphatic carbocycles. The van der Waals surface area contributed by atoms with Gasteiger partial charge in [-0.25, -0.2) is 0 Å². The maximum Gasteiger partial charge on any atom is 0.151 e. The van der Waals surface area contributed by atoms with Crippen LogP contribution >= 0.6 is 23.5 Å². The zero-order chi connectivity index (χ0) is 56.9. The van der Waals surface area contributed by atoms with Gasteiger partial charge >= 0.3 is 0 Å². The van der Waals surface area contributed by atoms with E-state index in [4.69, 9.17) is 9.47 Å². The Morgan fingerprint density at radius 2 is 0.512 bits per heavy atom. The summed E-state index contributed by atoms with van der Waals surface area (Å²) in [5.74, 6) is 3.60.